The molecule has 0 fully saturated rings. The zero-order valence-corrected chi connectivity index (χ0v) is 15.8. The van der Waals surface area contributed by atoms with Crippen molar-refractivity contribution in [3.8, 4) is 6.07 Å². The Morgan fingerprint density at radius 2 is 1.93 bits per heavy atom. The molecule has 148 valence electrons. The summed E-state index contributed by atoms with van der Waals surface area (Å²) < 4.78 is 46.6. The molecule has 6 nitrogen and oxygen atoms in total. The minimum Gasteiger partial charge on any atom is -0.463 e. The fourth-order valence-electron chi connectivity index (χ4n) is 2.87. The Bertz CT molecular complexity index is 770. The molecule has 1 amide bonds. The molecule has 0 spiro atoms. The van der Waals surface area contributed by atoms with E-state index in [9.17, 15) is 28.0 Å². The molecule has 0 unspecified atom stereocenters. The number of fused-ring (bicyclic) bond motifs is 1. The molecule has 0 saturated heterocycles. The maximum Gasteiger partial charge on any atom is 0.441 e. The lowest BCUT2D eigenvalue weighted by Crippen LogP contribution is -2.69. The quantitative estimate of drug-likeness (QED) is 0.562. The highest BCUT2D eigenvalue weighted by molar-refractivity contribution is 7.16. The molecule has 2 rings (SSSR count). The summed E-state index contributed by atoms with van der Waals surface area (Å²) in [7, 11) is 0. The molecular weight excluding hydrogens is 383 g/mol. The van der Waals surface area contributed by atoms with E-state index in [4.69, 9.17) is 0 Å². The number of carbonyl (C=O) groups excluding carboxylic acids is 2. The summed E-state index contributed by atoms with van der Waals surface area (Å²) in [6.07, 6.45) is -2.47. The Kier molecular flexibility index (Phi) is 6.36. The van der Waals surface area contributed by atoms with Crippen molar-refractivity contribution in [3.05, 3.63) is 16.0 Å². The molecule has 1 aromatic heterocycles. The van der Waals surface area contributed by atoms with E-state index in [1.54, 1.807) is 5.32 Å². The number of halogens is 3. The van der Waals surface area contributed by atoms with Crippen LogP contribution in [0.2, 0.25) is 0 Å². The lowest BCUT2D eigenvalue weighted by Gasteiger charge is -2.34. The topological polar surface area (TPSA) is 91.2 Å². The van der Waals surface area contributed by atoms with Gasteiger partial charge in [0, 0.05) is 11.3 Å². The van der Waals surface area contributed by atoms with E-state index in [2.05, 4.69) is 10.1 Å². The predicted octanol–water partition coefficient (Wildman–Crippen LogP) is 3.26. The molecule has 0 aromatic carbocycles. The zero-order chi connectivity index (χ0) is 20.2. The number of nitrogens with one attached hydrogen (secondary N) is 2. The average Bonchev–Trinajstić information content (AvgIpc) is 2.96. The van der Waals surface area contributed by atoms with Gasteiger partial charge in [-0.1, -0.05) is 6.92 Å². The molecule has 0 radical (unpaired) electrons. The maximum absolute atomic E-state index is 14.0. The number of thiophene rings is 1. The molecule has 1 aromatic rings. The Morgan fingerprint density at radius 1 is 1.26 bits per heavy atom. The van der Waals surface area contributed by atoms with Crippen LogP contribution in [0.1, 0.15) is 49.1 Å². The van der Waals surface area contributed by atoms with Gasteiger partial charge in [0.25, 0.3) is 0 Å². The van der Waals surface area contributed by atoms with Crippen LogP contribution in [-0.4, -0.2) is 30.3 Å². The minimum atomic E-state index is -5.19. The number of ether oxygens (including phenoxy) is 1. The molecule has 27 heavy (non-hydrogen) atoms. The summed E-state index contributed by atoms with van der Waals surface area (Å²) in [6.45, 7) is 2.43. The number of hydrogen-bond acceptors (Lipinski definition) is 6. The van der Waals surface area contributed by atoms with Gasteiger partial charge in [0.15, 0.2) is 0 Å². The molecule has 2 N–H and O–H groups in total. The third kappa shape index (κ3) is 4.03. The van der Waals surface area contributed by atoms with Gasteiger partial charge >= 0.3 is 17.8 Å². The number of nitrogens with zero attached hydrogens (tertiary/aromatic N) is 1. The summed E-state index contributed by atoms with van der Waals surface area (Å²) in [5.74, 6) is -2.65. The number of amides is 1. The molecule has 10 heteroatoms. The first-order chi connectivity index (χ1) is 12.7. The second kappa shape index (κ2) is 8.17. The molecule has 1 heterocycles. The van der Waals surface area contributed by atoms with Crippen molar-refractivity contribution in [3.63, 3.8) is 0 Å². The van der Waals surface area contributed by atoms with E-state index in [0.717, 1.165) is 29.1 Å². The highest BCUT2D eigenvalue weighted by atomic mass is 32.1. The van der Waals surface area contributed by atoms with Crippen molar-refractivity contribution in [2.24, 2.45) is 0 Å². The molecular formula is C17H20F3N3O3S. The van der Waals surface area contributed by atoms with Crippen molar-refractivity contribution in [2.75, 3.05) is 11.9 Å². The highest BCUT2D eigenvalue weighted by Gasteiger charge is 2.64. The highest BCUT2D eigenvalue weighted by Crippen LogP contribution is 2.41. The van der Waals surface area contributed by atoms with E-state index in [-0.39, 0.29) is 23.6 Å². The number of aryl methyl sites for hydroxylation is 1. The number of hydrogen-bond donors (Lipinski definition) is 2. The van der Waals surface area contributed by atoms with Crippen molar-refractivity contribution in [1.29, 1.82) is 5.26 Å². The van der Waals surface area contributed by atoms with Crippen LogP contribution in [0.3, 0.4) is 0 Å². The third-order valence-electron chi connectivity index (χ3n) is 4.24. The average molecular weight is 403 g/mol. The van der Waals surface area contributed by atoms with E-state index >= 15 is 0 Å². The second-order valence-corrected chi connectivity index (χ2v) is 7.13. The molecule has 1 aliphatic carbocycles. The molecule has 0 saturated carbocycles. The number of rotatable bonds is 6. The van der Waals surface area contributed by atoms with E-state index < -0.39 is 23.7 Å². The van der Waals surface area contributed by atoms with Crippen molar-refractivity contribution >= 4 is 28.2 Å². The second-order valence-electron chi connectivity index (χ2n) is 6.02. The Hall–Kier alpha value is -2.28. The summed E-state index contributed by atoms with van der Waals surface area (Å²) in [4.78, 5) is 24.9. The summed E-state index contributed by atoms with van der Waals surface area (Å²) in [5.41, 5.74) is -2.67. The largest absolute Gasteiger partial charge is 0.463 e. The standard InChI is InChI=1S/C17H20F3N3O3S/c1-3-13(24)22-16(17(18,19)20,15(25)26-4-2)23-14-11(9-21)10-7-5-6-8-12(10)27-14/h23H,3-8H2,1-2H3,(H,22,24)/t16-/m0/s1. The Morgan fingerprint density at radius 3 is 2.48 bits per heavy atom. The van der Waals surface area contributed by atoms with E-state index in [1.165, 1.54) is 13.8 Å². The Balaban J connectivity index is 2.57. The number of nitriles is 1. The summed E-state index contributed by atoms with van der Waals surface area (Å²) in [5, 5.41) is 13.2. The smallest absolute Gasteiger partial charge is 0.441 e. The normalized spacial score (nSPS) is 15.9. The van der Waals surface area contributed by atoms with Gasteiger partial charge in [-0.3, -0.25) is 4.79 Å². The first kappa shape index (κ1) is 21.0. The molecule has 1 aliphatic rings. The van der Waals surface area contributed by atoms with Crippen molar-refractivity contribution < 1.29 is 27.5 Å². The fourth-order valence-corrected chi connectivity index (χ4v) is 4.17. The van der Waals surface area contributed by atoms with Crippen LogP contribution in [0.15, 0.2) is 0 Å². The van der Waals surface area contributed by atoms with Crippen LogP contribution in [-0.2, 0) is 27.2 Å². The molecule has 1 atom stereocenters. The van der Waals surface area contributed by atoms with Crippen molar-refractivity contribution in [1.82, 2.24) is 5.32 Å². The van der Waals surface area contributed by atoms with Crippen LogP contribution in [0.5, 0.6) is 0 Å². The van der Waals surface area contributed by atoms with Crippen LogP contribution in [0, 0.1) is 11.3 Å². The number of alkyl halides is 3. The van der Waals surface area contributed by atoms with Gasteiger partial charge in [-0.25, -0.2) is 4.79 Å². The number of anilines is 1. The van der Waals surface area contributed by atoms with Gasteiger partial charge in [0.1, 0.15) is 11.1 Å². The lowest BCUT2D eigenvalue weighted by molar-refractivity contribution is -0.207. The summed E-state index contributed by atoms with van der Waals surface area (Å²) >= 11 is 1.01. The van der Waals surface area contributed by atoms with E-state index in [1.807, 2.05) is 6.07 Å². The van der Waals surface area contributed by atoms with Crippen LogP contribution < -0.4 is 10.6 Å². The van der Waals surface area contributed by atoms with E-state index in [0.29, 0.717) is 18.4 Å². The van der Waals surface area contributed by atoms with Gasteiger partial charge in [0.05, 0.1) is 12.2 Å². The first-order valence-electron chi connectivity index (χ1n) is 8.57. The summed E-state index contributed by atoms with van der Waals surface area (Å²) in [6, 6.07) is 1.93. The SMILES string of the molecule is CCOC(=O)[C@](NC(=O)CC)(Nc1sc2c(c1C#N)CCCC2)C(F)(F)F. The van der Waals surface area contributed by atoms with Gasteiger partial charge in [-0.05, 0) is 38.2 Å². The van der Waals surface area contributed by atoms with Gasteiger partial charge in [0.2, 0.25) is 5.91 Å². The molecule has 0 aliphatic heterocycles. The minimum absolute atomic E-state index is 0.0818. The van der Waals surface area contributed by atoms with Crippen molar-refractivity contribution in [2.45, 2.75) is 57.8 Å². The zero-order valence-electron chi connectivity index (χ0n) is 15.0. The van der Waals surface area contributed by atoms with Crippen LogP contribution >= 0.6 is 11.3 Å². The van der Waals surface area contributed by atoms with Crippen LogP contribution in [0.4, 0.5) is 18.2 Å². The lowest BCUT2D eigenvalue weighted by atomic mass is 9.96. The molecule has 0 bridgehead atoms. The van der Waals surface area contributed by atoms with Gasteiger partial charge in [-0.15, -0.1) is 11.3 Å². The van der Waals surface area contributed by atoms with Gasteiger partial charge < -0.3 is 15.4 Å². The predicted molar refractivity (Wildman–Crippen MR) is 93.2 cm³/mol. The Labute approximate surface area is 158 Å². The maximum atomic E-state index is 14.0. The van der Waals surface area contributed by atoms with Gasteiger partial charge in [-0.2, -0.15) is 18.4 Å². The first-order valence-corrected chi connectivity index (χ1v) is 9.39. The van der Waals surface area contributed by atoms with Crippen LogP contribution in [0.25, 0.3) is 0 Å². The monoisotopic (exact) mass is 403 g/mol. The number of carbonyl (C=O) groups is 2. The number of esters is 1. The third-order valence-corrected chi connectivity index (χ3v) is 5.45. The fraction of sp³-hybridized carbons (Fsp3) is 0.588.